The lowest BCUT2D eigenvalue weighted by molar-refractivity contribution is 0.437. The second kappa shape index (κ2) is 11.5. The van der Waals surface area contributed by atoms with E-state index in [1.807, 2.05) is 0 Å². The Kier molecular flexibility index (Phi) is 7.31. The number of hydrogen-bond donors (Lipinski definition) is 0. The van der Waals surface area contributed by atoms with Crippen LogP contribution < -0.4 is 0 Å². The first-order valence-corrected chi connectivity index (χ1v) is 21.4. The van der Waals surface area contributed by atoms with Crippen LogP contribution in [0.25, 0.3) is 76.1 Å². The van der Waals surface area contributed by atoms with Gasteiger partial charge in [0.05, 0.1) is 0 Å². The predicted octanol–water partition coefficient (Wildman–Crippen LogP) is 16.2. The molecular weight excluding hydrogens is 673 g/mol. The lowest BCUT2D eigenvalue weighted by Gasteiger charge is -2.34. The Morgan fingerprint density at radius 1 is 0.429 bits per heavy atom. The molecule has 10 rings (SSSR count). The van der Waals surface area contributed by atoms with E-state index in [0.29, 0.717) is 11.8 Å². The summed E-state index contributed by atoms with van der Waals surface area (Å²) in [5.41, 5.74) is 14.5. The predicted molar refractivity (Wildman–Crippen MR) is 245 cm³/mol. The molecule has 0 aromatic heterocycles. The van der Waals surface area contributed by atoms with E-state index in [1.165, 1.54) is 98.4 Å². The number of fused-ring (bicyclic) bond motifs is 14. The van der Waals surface area contributed by atoms with Crippen molar-refractivity contribution in [1.82, 2.24) is 0 Å². The summed E-state index contributed by atoms with van der Waals surface area (Å²) in [6, 6.07) is 38.7. The van der Waals surface area contributed by atoms with Gasteiger partial charge < -0.3 is 0 Å². The Hall–Kier alpha value is -4.68. The molecule has 8 aromatic rings. The molecule has 0 nitrogen and oxygen atoms in total. The third-order valence-electron chi connectivity index (χ3n) is 14.1. The Morgan fingerprint density at radius 3 is 1.14 bits per heavy atom. The summed E-state index contributed by atoms with van der Waals surface area (Å²) in [5.74, 6) is 1.06. The number of hydrogen-bond acceptors (Lipinski definition) is 0. The molecule has 56 heavy (non-hydrogen) atoms. The van der Waals surface area contributed by atoms with Gasteiger partial charge in [0, 0.05) is 10.8 Å². The molecule has 2 aliphatic rings. The Bertz CT molecular complexity index is 2750. The fourth-order valence-corrected chi connectivity index (χ4v) is 12.0. The van der Waals surface area contributed by atoms with Gasteiger partial charge in [-0.05, 0) is 157 Å². The molecule has 0 aliphatic heterocycles. The molecule has 0 bridgehead atoms. The van der Waals surface area contributed by atoms with Gasteiger partial charge in [0.15, 0.2) is 0 Å². The molecule has 0 spiro atoms. The van der Waals surface area contributed by atoms with E-state index in [1.54, 1.807) is 11.1 Å². The SMILES string of the molecule is CC(C)CC1(C)c2ccc3ccccc3c2-c2c1c1cc(C(C)(C)C)cc3c4c(c5cc(C(C)(C)C)cc2c5c31)C(C)(CC(C)C)c1ccc2ccccc2c1-4. The lowest BCUT2D eigenvalue weighted by atomic mass is 9.68. The minimum absolute atomic E-state index is 0.0301. The first-order valence-electron chi connectivity index (χ1n) is 21.4. The van der Waals surface area contributed by atoms with Gasteiger partial charge in [-0.3, -0.25) is 0 Å². The molecule has 0 saturated carbocycles. The average Bonchev–Trinajstić information content (AvgIpc) is 3.55. The van der Waals surface area contributed by atoms with Crippen LogP contribution in [0.2, 0.25) is 0 Å². The summed E-state index contributed by atoms with van der Waals surface area (Å²) in [7, 11) is 0. The maximum atomic E-state index is 2.64. The van der Waals surface area contributed by atoms with Gasteiger partial charge >= 0.3 is 0 Å². The van der Waals surface area contributed by atoms with E-state index < -0.39 is 0 Å². The molecule has 282 valence electrons. The molecule has 0 saturated heterocycles. The van der Waals surface area contributed by atoms with Gasteiger partial charge in [0.2, 0.25) is 0 Å². The Labute approximate surface area is 334 Å². The Morgan fingerprint density at radius 2 is 0.786 bits per heavy atom. The van der Waals surface area contributed by atoms with Crippen molar-refractivity contribution in [3.63, 3.8) is 0 Å². The van der Waals surface area contributed by atoms with E-state index in [4.69, 9.17) is 0 Å². The van der Waals surface area contributed by atoms with Crippen LogP contribution in [0.15, 0.2) is 97.1 Å². The van der Waals surface area contributed by atoms with Gasteiger partial charge in [0.1, 0.15) is 0 Å². The maximum Gasteiger partial charge on any atom is 0.0196 e. The van der Waals surface area contributed by atoms with Crippen LogP contribution in [0.3, 0.4) is 0 Å². The van der Waals surface area contributed by atoms with Gasteiger partial charge in [0.25, 0.3) is 0 Å². The molecule has 2 atom stereocenters. The van der Waals surface area contributed by atoms with Gasteiger partial charge in [-0.15, -0.1) is 0 Å². The third kappa shape index (κ3) is 4.65. The molecule has 0 heteroatoms. The van der Waals surface area contributed by atoms with Crippen LogP contribution >= 0.6 is 0 Å². The summed E-state index contributed by atoms with van der Waals surface area (Å²) in [5, 5.41) is 14.2. The average molecular weight is 731 g/mol. The highest BCUT2D eigenvalue weighted by Gasteiger charge is 2.47. The normalized spacial score (nSPS) is 19.3. The summed E-state index contributed by atoms with van der Waals surface area (Å²) >= 11 is 0. The number of rotatable bonds is 4. The molecule has 0 N–H and O–H groups in total. The summed E-state index contributed by atoms with van der Waals surface area (Å²) in [6.45, 7) is 29.3. The zero-order chi connectivity index (χ0) is 39.4. The quantitative estimate of drug-likeness (QED) is 0.158. The van der Waals surface area contributed by atoms with Crippen LogP contribution in [0.4, 0.5) is 0 Å². The minimum atomic E-state index is -0.149. The fourth-order valence-electron chi connectivity index (χ4n) is 12.0. The van der Waals surface area contributed by atoms with E-state index in [9.17, 15) is 0 Å². The molecule has 2 aliphatic carbocycles. The van der Waals surface area contributed by atoms with Crippen LogP contribution in [0.5, 0.6) is 0 Å². The molecule has 8 aromatic carbocycles. The van der Waals surface area contributed by atoms with Crippen molar-refractivity contribution in [2.24, 2.45) is 11.8 Å². The van der Waals surface area contributed by atoms with Gasteiger partial charge in [-0.25, -0.2) is 0 Å². The highest BCUT2D eigenvalue weighted by Crippen LogP contribution is 2.64. The van der Waals surface area contributed by atoms with Crippen molar-refractivity contribution in [3.05, 3.63) is 130 Å². The van der Waals surface area contributed by atoms with Crippen molar-refractivity contribution in [2.45, 2.75) is 118 Å². The first kappa shape index (κ1) is 35.7. The van der Waals surface area contributed by atoms with Crippen molar-refractivity contribution in [3.8, 4) is 22.3 Å². The standard InChI is InChI=1S/C56H58/c1-31(2)29-55(11)43-23-21-33-17-13-15-19-37(33)47(43)49-39-25-36(54(8,9)10)28-42-46(39)45-40(26-35(53(5,6)7)27-41(45)51(49)55)50-48-38-20-16-14-18-34(38)22-24-44(48)56(12,52(42)50)30-32(3)4/h13-28,31-32H,29-30H2,1-12H3. The van der Waals surface area contributed by atoms with Crippen molar-refractivity contribution in [2.75, 3.05) is 0 Å². The van der Waals surface area contributed by atoms with E-state index in [-0.39, 0.29) is 21.7 Å². The van der Waals surface area contributed by atoms with Gasteiger partial charge in [-0.1, -0.05) is 168 Å². The zero-order valence-corrected chi connectivity index (χ0v) is 35.8. The molecule has 0 amide bonds. The fraction of sp³-hybridized carbons (Fsp3) is 0.357. The minimum Gasteiger partial charge on any atom is -0.0627 e. The second-order valence-corrected chi connectivity index (χ2v) is 21.2. The van der Waals surface area contributed by atoms with Crippen LogP contribution in [0, 0.1) is 11.8 Å². The van der Waals surface area contributed by atoms with Gasteiger partial charge in [-0.2, -0.15) is 0 Å². The number of benzene rings is 8. The molecule has 0 fully saturated rings. The first-order chi connectivity index (χ1) is 26.4. The topological polar surface area (TPSA) is 0 Å². The third-order valence-corrected chi connectivity index (χ3v) is 14.1. The van der Waals surface area contributed by atoms with Crippen LogP contribution in [-0.2, 0) is 21.7 Å². The van der Waals surface area contributed by atoms with E-state index >= 15 is 0 Å². The largest absolute Gasteiger partial charge is 0.0627 e. The highest BCUT2D eigenvalue weighted by atomic mass is 14.5. The highest BCUT2D eigenvalue weighted by molar-refractivity contribution is 6.34. The van der Waals surface area contributed by atoms with Crippen molar-refractivity contribution >= 4 is 53.9 Å². The van der Waals surface area contributed by atoms with E-state index in [0.717, 1.165) is 12.8 Å². The summed E-state index contributed by atoms with van der Waals surface area (Å²) < 4.78 is 0. The maximum absolute atomic E-state index is 2.64. The van der Waals surface area contributed by atoms with Crippen LogP contribution in [-0.4, -0.2) is 0 Å². The molecule has 0 heterocycles. The smallest absolute Gasteiger partial charge is 0.0196 e. The Balaban J connectivity index is 1.55. The molecular formula is C56H58. The molecule has 0 radical (unpaired) electrons. The van der Waals surface area contributed by atoms with Crippen molar-refractivity contribution in [1.29, 1.82) is 0 Å². The second-order valence-electron chi connectivity index (χ2n) is 21.2. The lowest BCUT2D eigenvalue weighted by Crippen LogP contribution is -2.25. The molecule has 2 unspecified atom stereocenters. The summed E-state index contributed by atoms with van der Waals surface area (Å²) in [4.78, 5) is 0. The summed E-state index contributed by atoms with van der Waals surface area (Å²) in [6.07, 6.45) is 2.20. The van der Waals surface area contributed by atoms with Crippen molar-refractivity contribution < 1.29 is 0 Å². The monoisotopic (exact) mass is 730 g/mol. The van der Waals surface area contributed by atoms with Crippen LogP contribution in [0.1, 0.15) is 129 Å². The van der Waals surface area contributed by atoms with E-state index in [2.05, 4.69) is 180 Å². The zero-order valence-electron chi connectivity index (χ0n) is 35.8.